The van der Waals surface area contributed by atoms with Gasteiger partial charge in [-0.05, 0) is 36.3 Å². The molecular weight excluding hydrogens is 322 g/mol. The Labute approximate surface area is 153 Å². The first-order chi connectivity index (χ1) is 12.6. The van der Waals surface area contributed by atoms with Gasteiger partial charge in [-0.2, -0.15) is 0 Å². The average molecular weight is 343 g/mol. The van der Waals surface area contributed by atoms with E-state index in [0.29, 0.717) is 23.5 Å². The molecule has 3 nitrogen and oxygen atoms in total. The Balaban J connectivity index is 1.97. The predicted octanol–water partition coefficient (Wildman–Crippen LogP) is 4.60. The lowest BCUT2D eigenvalue weighted by atomic mass is 9.99. The summed E-state index contributed by atoms with van der Waals surface area (Å²) in [5, 5.41) is 0. The molecule has 3 aromatic carbocycles. The summed E-state index contributed by atoms with van der Waals surface area (Å²) in [6.07, 6.45) is 1.80. The molecule has 130 valence electrons. The van der Waals surface area contributed by atoms with E-state index in [4.69, 9.17) is 10.5 Å². The molecule has 26 heavy (non-hydrogen) atoms. The van der Waals surface area contributed by atoms with E-state index in [1.807, 2.05) is 85.8 Å². The zero-order valence-electron chi connectivity index (χ0n) is 14.7. The number of benzene rings is 3. The summed E-state index contributed by atoms with van der Waals surface area (Å²) in [6.45, 7) is 2.40. The molecule has 0 atom stereocenters. The van der Waals surface area contributed by atoms with Crippen LogP contribution in [-0.4, -0.2) is 5.91 Å². The van der Waals surface area contributed by atoms with E-state index in [2.05, 4.69) is 0 Å². The Hall–Kier alpha value is -3.33. The topological polar surface area (TPSA) is 52.3 Å². The summed E-state index contributed by atoms with van der Waals surface area (Å²) >= 11 is 0. The van der Waals surface area contributed by atoms with Crippen molar-refractivity contribution in [2.24, 2.45) is 5.73 Å². The third-order valence-electron chi connectivity index (χ3n) is 4.04. The van der Waals surface area contributed by atoms with E-state index in [1.165, 1.54) is 0 Å². The van der Waals surface area contributed by atoms with Crippen LogP contribution in [0.4, 0.5) is 0 Å². The van der Waals surface area contributed by atoms with Gasteiger partial charge in [0.25, 0.3) is 0 Å². The zero-order chi connectivity index (χ0) is 18.4. The number of aryl methyl sites for hydroxylation is 1. The van der Waals surface area contributed by atoms with Crippen LogP contribution in [0, 0.1) is 6.92 Å². The van der Waals surface area contributed by atoms with Crippen LogP contribution >= 0.6 is 0 Å². The van der Waals surface area contributed by atoms with Gasteiger partial charge in [-0.1, -0.05) is 72.3 Å². The van der Waals surface area contributed by atoms with Crippen molar-refractivity contribution >= 4 is 17.6 Å². The van der Waals surface area contributed by atoms with E-state index in [-0.39, 0.29) is 0 Å². The van der Waals surface area contributed by atoms with E-state index in [0.717, 1.165) is 16.7 Å². The molecule has 0 aliphatic carbocycles. The van der Waals surface area contributed by atoms with Crippen molar-refractivity contribution in [2.75, 3.05) is 0 Å². The number of ether oxygens (including phenoxy) is 1. The number of carbonyl (C=O) groups excluding carboxylic acids is 1. The molecule has 3 aromatic rings. The van der Waals surface area contributed by atoms with Gasteiger partial charge in [0.05, 0.1) is 5.57 Å². The van der Waals surface area contributed by atoms with Gasteiger partial charge in [-0.3, -0.25) is 4.79 Å². The number of carbonyl (C=O) groups is 1. The lowest BCUT2D eigenvalue weighted by molar-refractivity contribution is -0.112. The summed E-state index contributed by atoms with van der Waals surface area (Å²) in [5.74, 6) is 0.157. The zero-order valence-corrected chi connectivity index (χ0v) is 14.7. The number of primary amides is 1. The molecular formula is C23H21NO2. The van der Waals surface area contributed by atoms with Crippen molar-refractivity contribution < 1.29 is 9.53 Å². The maximum absolute atomic E-state index is 12.1. The molecule has 0 aliphatic heterocycles. The third-order valence-corrected chi connectivity index (χ3v) is 4.04. The minimum absolute atomic E-state index is 0.425. The number of hydrogen-bond donors (Lipinski definition) is 1. The molecule has 0 aromatic heterocycles. The molecule has 0 bridgehead atoms. The van der Waals surface area contributed by atoms with Crippen LogP contribution in [0.15, 0.2) is 78.9 Å². The molecule has 0 saturated carbocycles. The SMILES string of the molecule is Cc1ccc(OCc2ccccc2)c(C(=Cc2ccccc2)C(N)=O)c1. The van der Waals surface area contributed by atoms with Crippen LogP contribution in [0.2, 0.25) is 0 Å². The summed E-state index contributed by atoms with van der Waals surface area (Å²) in [6, 6.07) is 25.3. The van der Waals surface area contributed by atoms with Crippen LogP contribution in [0.3, 0.4) is 0 Å². The van der Waals surface area contributed by atoms with E-state index in [9.17, 15) is 4.79 Å². The Bertz CT molecular complexity index is 915. The van der Waals surface area contributed by atoms with Gasteiger partial charge in [0.2, 0.25) is 5.91 Å². The van der Waals surface area contributed by atoms with Crippen molar-refractivity contribution in [2.45, 2.75) is 13.5 Å². The van der Waals surface area contributed by atoms with Crippen molar-refractivity contribution in [1.29, 1.82) is 0 Å². The Kier molecular flexibility index (Phi) is 5.49. The summed E-state index contributed by atoms with van der Waals surface area (Å²) in [5.41, 5.74) is 9.83. The second-order valence-electron chi connectivity index (χ2n) is 6.11. The fourth-order valence-electron chi connectivity index (χ4n) is 2.71. The van der Waals surface area contributed by atoms with Gasteiger partial charge < -0.3 is 10.5 Å². The minimum atomic E-state index is -0.482. The number of amides is 1. The standard InChI is InChI=1S/C23H21NO2/c1-17-12-13-22(26-16-19-10-6-3-7-11-19)20(14-17)21(23(24)25)15-18-8-4-2-5-9-18/h2-15H,16H2,1H3,(H2,24,25). The van der Waals surface area contributed by atoms with Gasteiger partial charge in [-0.25, -0.2) is 0 Å². The largest absolute Gasteiger partial charge is 0.488 e. The monoisotopic (exact) mass is 343 g/mol. The first-order valence-electron chi connectivity index (χ1n) is 8.48. The average Bonchev–Trinajstić information content (AvgIpc) is 2.66. The van der Waals surface area contributed by atoms with Crippen molar-refractivity contribution in [1.82, 2.24) is 0 Å². The lowest BCUT2D eigenvalue weighted by Gasteiger charge is -2.14. The second kappa shape index (κ2) is 8.17. The summed E-state index contributed by atoms with van der Waals surface area (Å²) in [4.78, 5) is 12.1. The predicted molar refractivity (Wildman–Crippen MR) is 105 cm³/mol. The van der Waals surface area contributed by atoms with Crippen molar-refractivity contribution in [3.05, 3.63) is 101 Å². The van der Waals surface area contributed by atoms with E-state index in [1.54, 1.807) is 6.08 Å². The third kappa shape index (κ3) is 4.39. The summed E-state index contributed by atoms with van der Waals surface area (Å²) in [7, 11) is 0. The number of rotatable bonds is 6. The highest BCUT2D eigenvalue weighted by atomic mass is 16.5. The highest BCUT2D eigenvalue weighted by molar-refractivity contribution is 6.24. The van der Waals surface area contributed by atoms with Gasteiger partial charge >= 0.3 is 0 Å². The molecule has 0 heterocycles. The number of hydrogen-bond acceptors (Lipinski definition) is 2. The first kappa shape index (κ1) is 17.5. The highest BCUT2D eigenvalue weighted by Crippen LogP contribution is 2.29. The second-order valence-corrected chi connectivity index (χ2v) is 6.11. The van der Waals surface area contributed by atoms with Crippen LogP contribution in [0.5, 0.6) is 5.75 Å². The molecule has 1 amide bonds. The van der Waals surface area contributed by atoms with Crippen molar-refractivity contribution in [3.8, 4) is 5.75 Å². The molecule has 2 N–H and O–H groups in total. The molecule has 0 aliphatic rings. The molecule has 3 rings (SSSR count). The maximum atomic E-state index is 12.1. The van der Waals surface area contributed by atoms with Gasteiger partial charge in [0.1, 0.15) is 12.4 Å². The summed E-state index contributed by atoms with van der Waals surface area (Å²) < 4.78 is 6.00. The van der Waals surface area contributed by atoms with Crippen LogP contribution in [0.1, 0.15) is 22.3 Å². The molecule has 3 heteroatoms. The van der Waals surface area contributed by atoms with E-state index < -0.39 is 5.91 Å². The highest BCUT2D eigenvalue weighted by Gasteiger charge is 2.15. The Morgan fingerprint density at radius 3 is 2.27 bits per heavy atom. The van der Waals surface area contributed by atoms with Crippen molar-refractivity contribution in [3.63, 3.8) is 0 Å². The Morgan fingerprint density at radius 2 is 1.62 bits per heavy atom. The first-order valence-corrected chi connectivity index (χ1v) is 8.48. The van der Waals surface area contributed by atoms with Gasteiger partial charge in [-0.15, -0.1) is 0 Å². The fraction of sp³-hybridized carbons (Fsp3) is 0.0870. The lowest BCUT2D eigenvalue weighted by Crippen LogP contribution is -2.14. The molecule has 0 unspecified atom stereocenters. The minimum Gasteiger partial charge on any atom is -0.488 e. The van der Waals surface area contributed by atoms with E-state index >= 15 is 0 Å². The number of nitrogens with two attached hydrogens (primary N) is 1. The van der Waals surface area contributed by atoms with Gasteiger partial charge in [0, 0.05) is 5.56 Å². The van der Waals surface area contributed by atoms with Crippen LogP contribution in [0.25, 0.3) is 11.6 Å². The smallest absolute Gasteiger partial charge is 0.249 e. The normalized spacial score (nSPS) is 11.2. The maximum Gasteiger partial charge on any atom is 0.249 e. The molecule has 0 radical (unpaired) electrons. The molecule has 0 spiro atoms. The van der Waals surface area contributed by atoms with Crippen LogP contribution < -0.4 is 10.5 Å². The quantitative estimate of drug-likeness (QED) is 0.525. The fourth-order valence-corrected chi connectivity index (χ4v) is 2.71. The molecule has 0 fully saturated rings. The Morgan fingerprint density at radius 1 is 0.962 bits per heavy atom. The molecule has 0 saturated heterocycles. The van der Waals surface area contributed by atoms with Crippen LogP contribution in [-0.2, 0) is 11.4 Å². The van der Waals surface area contributed by atoms with Gasteiger partial charge in [0.15, 0.2) is 0 Å².